The maximum Gasteiger partial charge on any atom is 0.229 e. The number of carbonyl (C=O) groups excluding carboxylic acids is 2. The summed E-state index contributed by atoms with van der Waals surface area (Å²) in [7, 11) is 1.56. The monoisotopic (exact) mass is 356 g/mol. The summed E-state index contributed by atoms with van der Waals surface area (Å²) in [5, 5.41) is 2.82. The quantitative estimate of drug-likeness (QED) is 0.866. The van der Waals surface area contributed by atoms with E-state index in [9.17, 15) is 14.0 Å². The van der Waals surface area contributed by atoms with Crippen LogP contribution in [0.5, 0.6) is 5.75 Å². The van der Waals surface area contributed by atoms with Gasteiger partial charge in [0.25, 0.3) is 0 Å². The summed E-state index contributed by atoms with van der Waals surface area (Å²) < 4.78 is 18.8. The van der Waals surface area contributed by atoms with Crippen molar-refractivity contribution in [1.29, 1.82) is 0 Å². The van der Waals surface area contributed by atoms with Crippen molar-refractivity contribution in [2.24, 2.45) is 5.92 Å². The summed E-state index contributed by atoms with van der Waals surface area (Å²) in [6.45, 7) is 0.756. The molecule has 6 heteroatoms. The van der Waals surface area contributed by atoms with Crippen LogP contribution in [-0.2, 0) is 16.0 Å². The Bertz CT molecular complexity index is 809. The van der Waals surface area contributed by atoms with Crippen molar-refractivity contribution in [2.45, 2.75) is 12.8 Å². The Kier molecular flexibility index (Phi) is 5.51. The summed E-state index contributed by atoms with van der Waals surface area (Å²) in [6, 6.07) is 13.6. The largest absolute Gasteiger partial charge is 0.497 e. The Balaban J connectivity index is 1.56. The van der Waals surface area contributed by atoms with Gasteiger partial charge in [-0.1, -0.05) is 24.3 Å². The molecule has 0 spiro atoms. The number of rotatable bonds is 6. The summed E-state index contributed by atoms with van der Waals surface area (Å²) in [6.07, 6.45) is 0.607. The van der Waals surface area contributed by atoms with Crippen LogP contribution in [0.1, 0.15) is 12.0 Å². The van der Waals surface area contributed by atoms with Crippen LogP contribution in [0.3, 0.4) is 0 Å². The molecule has 1 heterocycles. The Morgan fingerprint density at radius 1 is 1.27 bits per heavy atom. The first-order valence-corrected chi connectivity index (χ1v) is 8.53. The van der Waals surface area contributed by atoms with Crippen molar-refractivity contribution in [3.05, 3.63) is 59.9 Å². The van der Waals surface area contributed by atoms with Crippen LogP contribution in [0.25, 0.3) is 0 Å². The van der Waals surface area contributed by atoms with E-state index in [1.165, 1.54) is 6.07 Å². The number of nitrogens with one attached hydrogen (secondary N) is 1. The summed E-state index contributed by atoms with van der Waals surface area (Å²) >= 11 is 0. The number of likely N-dealkylation sites (tertiary alicyclic amines) is 1. The van der Waals surface area contributed by atoms with E-state index in [2.05, 4.69) is 5.32 Å². The second-order valence-electron chi connectivity index (χ2n) is 6.30. The number of benzene rings is 2. The highest BCUT2D eigenvalue weighted by Crippen LogP contribution is 2.22. The second-order valence-corrected chi connectivity index (χ2v) is 6.30. The Hall–Kier alpha value is -2.89. The molecule has 0 aromatic heterocycles. The van der Waals surface area contributed by atoms with E-state index in [4.69, 9.17) is 4.74 Å². The molecule has 1 N–H and O–H groups in total. The standard InChI is InChI=1S/C20H21FN2O3/c1-26-17-7-4-6-16(12-17)22-20(25)15-11-19(24)23(13-15)10-9-14-5-2-3-8-18(14)21/h2-8,12,15H,9-11,13H2,1H3,(H,22,25). The van der Waals surface area contributed by atoms with Gasteiger partial charge in [-0.2, -0.15) is 0 Å². The number of ether oxygens (including phenoxy) is 1. The topological polar surface area (TPSA) is 58.6 Å². The zero-order valence-electron chi connectivity index (χ0n) is 14.6. The van der Waals surface area contributed by atoms with E-state index >= 15 is 0 Å². The second kappa shape index (κ2) is 7.99. The maximum atomic E-state index is 13.7. The molecule has 2 amide bonds. The molecule has 3 rings (SSSR count). The van der Waals surface area contributed by atoms with Gasteiger partial charge in [-0.25, -0.2) is 4.39 Å². The number of anilines is 1. The lowest BCUT2D eigenvalue weighted by Crippen LogP contribution is -2.30. The van der Waals surface area contributed by atoms with E-state index < -0.39 is 5.92 Å². The Morgan fingerprint density at radius 2 is 2.08 bits per heavy atom. The molecule has 0 saturated carbocycles. The highest BCUT2D eigenvalue weighted by atomic mass is 19.1. The van der Waals surface area contributed by atoms with Crippen molar-refractivity contribution in [2.75, 3.05) is 25.5 Å². The number of methoxy groups -OCH3 is 1. The third kappa shape index (κ3) is 4.20. The van der Waals surface area contributed by atoms with Crippen molar-refractivity contribution in [3.63, 3.8) is 0 Å². The molecule has 0 aliphatic carbocycles. The maximum absolute atomic E-state index is 13.7. The molecular formula is C20H21FN2O3. The van der Waals surface area contributed by atoms with Crippen LogP contribution >= 0.6 is 0 Å². The molecule has 5 nitrogen and oxygen atoms in total. The third-order valence-corrected chi connectivity index (χ3v) is 4.53. The fourth-order valence-electron chi connectivity index (χ4n) is 3.07. The molecule has 1 saturated heterocycles. The average molecular weight is 356 g/mol. The van der Waals surface area contributed by atoms with Gasteiger partial charge in [-0.05, 0) is 30.2 Å². The van der Waals surface area contributed by atoms with E-state index in [1.807, 2.05) is 0 Å². The molecule has 1 aliphatic heterocycles. The minimum absolute atomic E-state index is 0.0767. The van der Waals surface area contributed by atoms with Gasteiger partial charge in [-0.3, -0.25) is 9.59 Å². The number of hydrogen-bond acceptors (Lipinski definition) is 3. The van der Waals surface area contributed by atoms with Crippen molar-refractivity contribution in [3.8, 4) is 5.75 Å². The van der Waals surface area contributed by atoms with Gasteiger partial charge in [0.05, 0.1) is 13.0 Å². The number of hydrogen-bond donors (Lipinski definition) is 1. The normalized spacial score (nSPS) is 16.6. The first-order valence-electron chi connectivity index (χ1n) is 8.53. The Morgan fingerprint density at radius 3 is 2.85 bits per heavy atom. The molecule has 2 aromatic carbocycles. The van der Waals surface area contributed by atoms with Gasteiger partial charge in [0.2, 0.25) is 11.8 Å². The highest BCUT2D eigenvalue weighted by molar-refractivity contribution is 5.97. The number of carbonyl (C=O) groups is 2. The fraction of sp³-hybridized carbons (Fsp3) is 0.300. The minimum Gasteiger partial charge on any atom is -0.497 e. The van der Waals surface area contributed by atoms with Crippen molar-refractivity contribution in [1.82, 2.24) is 4.90 Å². The van der Waals surface area contributed by atoms with Gasteiger partial charge in [-0.15, -0.1) is 0 Å². The van der Waals surface area contributed by atoms with Crippen LogP contribution in [0.2, 0.25) is 0 Å². The van der Waals surface area contributed by atoms with Crippen molar-refractivity contribution < 1.29 is 18.7 Å². The lowest BCUT2D eigenvalue weighted by Gasteiger charge is -2.17. The van der Waals surface area contributed by atoms with Gasteiger partial charge < -0.3 is 15.0 Å². The summed E-state index contributed by atoms with van der Waals surface area (Å²) in [5.74, 6) is -0.301. The van der Waals surface area contributed by atoms with Gasteiger partial charge >= 0.3 is 0 Å². The Labute approximate surface area is 151 Å². The van der Waals surface area contributed by atoms with Crippen LogP contribution in [0, 0.1) is 11.7 Å². The van der Waals surface area contributed by atoms with Crippen LogP contribution in [0.4, 0.5) is 10.1 Å². The molecule has 26 heavy (non-hydrogen) atoms. The smallest absolute Gasteiger partial charge is 0.229 e. The molecule has 136 valence electrons. The van der Waals surface area contributed by atoms with Gasteiger partial charge in [0, 0.05) is 31.3 Å². The van der Waals surface area contributed by atoms with Crippen LogP contribution < -0.4 is 10.1 Å². The molecule has 0 bridgehead atoms. The van der Waals surface area contributed by atoms with E-state index in [0.717, 1.165) is 0 Å². The van der Waals surface area contributed by atoms with Crippen molar-refractivity contribution >= 4 is 17.5 Å². The molecule has 0 radical (unpaired) electrons. The lowest BCUT2D eigenvalue weighted by molar-refractivity contribution is -0.128. The van der Waals surface area contributed by atoms with Gasteiger partial charge in [0.1, 0.15) is 11.6 Å². The predicted octanol–water partition coefficient (Wildman–Crippen LogP) is 2.86. The number of amides is 2. The fourth-order valence-corrected chi connectivity index (χ4v) is 3.07. The first kappa shape index (κ1) is 17.9. The third-order valence-electron chi connectivity index (χ3n) is 4.53. The molecule has 1 fully saturated rings. The molecule has 1 unspecified atom stereocenters. The molecule has 2 aromatic rings. The molecule has 1 aliphatic rings. The number of nitrogens with zero attached hydrogens (tertiary/aromatic N) is 1. The van der Waals surface area contributed by atoms with E-state index in [0.29, 0.717) is 36.5 Å². The average Bonchev–Trinajstić information content (AvgIpc) is 3.02. The minimum atomic E-state index is -0.408. The zero-order chi connectivity index (χ0) is 18.5. The van der Waals surface area contributed by atoms with Gasteiger partial charge in [0.15, 0.2) is 0 Å². The van der Waals surface area contributed by atoms with Crippen LogP contribution in [-0.4, -0.2) is 36.9 Å². The highest BCUT2D eigenvalue weighted by Gasteiger charge is 2.34. The molecule has 1 atom stereocenters. The van der Waals surface area contributed by atoms with E-state index in [-0.39, 0.29) is 24.1 Å². The predicted molar refractivity (Wildman–Crippen MR) is 96.4 cm³/mol. The summed E-state index contributed by atoms with van der Waals surface area (Å²) in [5.41, 5.74) is 1.20. The lowest BCUT2D eigenvalue weighted by atomic mass is 10.1. The summed E-state index contributed by atoms with van der Waals surface area (Å²) in [4.78, 5) is 26.3. The number of halogens is 1. The molecular weight excluding hydrogens is 335 g/mol. The van der Waals surface area contributed by atoms with E-state index in [1.54, 1.807) is 54.5 Å². The van der Waals surface area contributed by atoms with Crippen LogP contribution in [0.15, 0.2) is 48.5 Å². The first-order chi connectivity index (χ1) is 12.6. The SMILES string of the molecule is COc1cccc(NC(=O)C2CC(=O)N(CCc3ccccc3F)C2)c1. The zero-order valence-corrected chi connectivity index (χ0v) is 14.6.